The molecule has 1 atom stereocenters. The van der Waals surface area contributed by atoms with Crippen molar-refractivity contribution >= 4 is 12.0 Å². The van der Waals surface area contributed by atoms with E-state index in [4.69, 9.17) is 9.47 Å². The Balaban J connectivity index is 1.88. The van der Waals surface area contributed by atoms with Crippen molar-refractivity contribution in [2.75, 3.05) is 32.8 Å². The summed E-state index contributed by atoms with van der Waals surface area (Å²) >= 11 is 0. The molecule has 0 bridgehead atoms. The fraction of sp³-hybridized carbons (Fsp3) is 0.423. The fourth-order valence-electron chi connectivity index (χ4n) is 4.01. The number of rotatable bonds is 10. The monoisotopic (exact) mass is 458 g/mol. The van der Waals surface area contributed by atoms with Crippen LogP contribution >= 0.6 is 0 Å². The van der Waals surface area contributed by atoms with Gasteiger partial charge in [-0.1, -0.05) is 11.6 Å². The minimum absolute atomic E-state index is 0.154. The number of amides is 1. The van der Waals surface area contributed by atoms with Crippen LogP contribution in [-0.4, -0.2) is 49.7 Å². The quantitative estimate of drug-likeness (QED) is 0.541. The van der Waals surface area contributed by atoms with Crippen molar-refractivity contribution in [1.29, 1.82) is 0 Å². The van der Waals surface area contributed by atoms with Crippen molar-refractivity contribution in [1.82, 2.24) is 10.2 Å². The van der Waals surface area contributed by atoms with Gasteiger partial charge in [0.2, 0.25) is 0 Å². The molecule has 1 amide bonds. The molecule has 0 aromatic heterocycles. The van der Waals surface area contributed by atoms with E-state index in [-0.39, 0.29) is 17.5 Å². The van der Waals surface area contributed by atoms with E-state index < -0.39 is 11.6 Å². The smallest absolute Gasteiger partial charge is 0.254 e. The van der Waals surface area contributed by atoms with Crippen LogP contribution in [0, 0.1) is 11.6 Å². The van der Waals surface area contributed by atoms with Crippen LogP contribution in [0.3, 0.4) is 0 Å². The molecular weight excluding hydrogens is 426 g/mol. The summed E-state index contributed by atoms with van der Waals surface area (Å²) in [6.07, 6.45) is 3.71. The second-order valence-corrected chi connectivity index (χ2v) is 8.19. The van der Waals surface area contributed by atoms with E-state index in [2.05, 4.69) is 5.32 Å². The van der Waals surface area contributed by atoms with Gasteiger partial charge >= 0.3 is 0 Å². The van der Waals surface area contributed by atoms with Gasteiger partial charge in [0, 0.05) is 42.4 Å². The first kappa shape index (κ1) is 24.7. The van der Waals surface area contributed by atoms with E-state index in [1.807, 2.05) is 20.8 Å². The lowest BCUT2D eigenvalue weighted by atomic mass is 10.1. The summed E-state index contributed by atoms with van der Waals surface area (Å²) < 4.78 is 38.6. The molecule has 1 saturated heterocycles. The lowest BCUT2D eigenvalue weighted by Crippen LogP contribution is -2.42. The third kappa shape index (κ3) is 7.02. The Bertz CT molecular complexity index is 963. The van der Waals surface area contributed by atoms with Gasteiger partial charge in [-0.3, -0.25) is 4.79 Å². The van der Waals surface area contributed by atoms with Gasteiger partial charge in [-0.05, 0) is 64.4 Å². The summed E-state index contributed by atoms with van der Waals surface area (Å²) in [4.78, 5) is 15.3. The highest BCUT2D eigenvalue weighted by molar-refractivity contribution is 5.95. The predicted octanol–water partition coefficient (Wildman–Crippen LogP) is 5.06. The SMILES string of the molecule is CCOc1cc(OCC)cc(C(=O)N(CC(C)=Cc2ccc(F)cc2F)CC2CCCN2)c1. The van der Waals surface area contributed by atoms with E-state index in [1.165, 1.54) is 12.1 Å². The standard InChI is InChI=1S/C26H32F2N2O3/c1-4-32-23-12-20(13-24(15-23)33-5-2)26(31)30(17-22-7-6-10-29-22)16-18(3)11-19-8-9-21(27)14-25(19)28/h8-9,11-15,22,29H,4-7,10,16-17H2,1-3H3. The summed E-state index contributed by atoms with van der Waals surface area (Å²) in [6, 6.07) is 8.91. The first-order valence-electron chi connectivity index (χ1n) is 11.4. The highest BCUT2D eigenvalue weighted by Crippen LogP contribution is 2.25. The lowest BCUT2D eigenvalue weighted by molar-refractivity contribution is 0.0756. The zero-order chi connectivity index (χ0) is 23.8. The fourth-order valence-corrected chi connectivity index (χ4v) is 4.01. The zero-order valence-corrected chi connectivity index (χ0v) is 19.5. The minimum Gasteiger partial charge on any atom is -0.494 e. The number of carbonyl (C=O) groups is 1. The molecule has 0 saturated carbocycles. The number of benzene rings is 2. The average Bonchev–Trinajstić information content (AvgIpc) is 3.28. The van der Waals surface area contributed by atoms with Crippen LogP contribution in [0.5, 0.6) is 11.5 Å². The maximum Gasteiger partial charge on any atom is 0.254 e. The Kier molecular flexibility index (Phi) is 8.83. The van der Waals surface area contributed by atoms with Gasteiger partial charge < -0.3 is 19.7 Å². The van der Waals surface area contributed by atoms with Crippen LogP contribution in [-0.2, 0) is 0 Å². The van der Waals surface area contributed by atoms with Crippen LogP contribution in [0.15, 0.2) is 42.0 Å². The summed E-state index contributed by atoms with van der Waals surface area (Å²) in [7, 11) is 0. The number of ether oxygens (including phenoxy) is 2. The summed E-state index contributed by atoms with van der Waals surface area (Å²) in [5.74, 6) is -0.252. The van der Waals surface area contributed by atoms with Gasteiger partial charge in [0.05, 0.1) is 13.2 Å². The highest BCUT2D eigenvalue weighted by atomic mass is 19.1. The summed E-state index contributed by atoms with van der Waals surface area (Å²) in [5.41, 5.74) is 1.55. The molecule has 1 heterocycles. The van der Waals surface area contributed by atoms with Crippen LogP contribution < -0.4 is 14.8 Å². The van der Waals surface area contributed by atoms with Crippen molar-refractivity contribution in [3.63, 3.8) is 0 Å². The molecule has 3 rings (SSSR count). The molecule has 1 fully saturated rings. The number of nitrogens with zero attached hydrogens (tertiary/aromatic N) is 1. The van der Waals surface area contributed by atoms with Crippen LogP contribution in [0.1, 0.15) is 49.5 Å². The Morgan fingerprint density at radius 2 is 1.82 bits per heavy atom. The second kappa shape index (κ2) is 11.8. The maximum atomic E-state index is 14.1. The van der Waals surface area contributed by atoms with E-state index in [9.17, 15) is 13.6 Å². The van der Waals surface area contributed by atoms with Crippen LogP contribution in [0.4, 0.5) is 8.78 Å². The van der Waals surface area contributed by atoms with E-state index in [1.54, 1.807) is 29.2 Å². The van der Waals surface area contributed by atoms with E-state index in [0.29, 0.717) is 43.4 Å². The maximum absolute atomic E-state index is 14.1. The molecule has 0 aliphatic carbocycles. The predicted molar refractivity (Wildman–Crippen MR) is 126 cm³/mol. The average molecular weight is 459 g/mol. The first-order chi connectivity index (χ1) is 15.9. The molecule has 1 aliphatic rings. The van der Waals surface area contributed by atoms with Crippen molar-refractivity contribution in [2.24, 2.45) is 0 Å². The van der Waals surface area contributed by atoms with Gasteiger partial charge in [0.15, 0.2) is 0 Å². The topological polar surface area (TPSA) is 50.8 Å². The molecule has 7 heteroatoms. The third-order valence-corrected chi connectivity index (χ3v) is 5.44. The minimum atomic E-state index is -0.629. The Labute approximate surface area is 194 Å². The van der Waals surface area contributed by atoms with E-state index >= 15 is 0 Å². The lowest BCUT2D eigenvalue weighted by Gasteiger charge is -2.27. The number of hydrogen-bond acceptors (Lipinski definition) is 4. The number of hydrogen-bond donors (Lipinski definition) is 1. The largest absolute Gasteiger partial charge is 0.494 e. The second-order valence-electron chi connectivity index (χ2n) is 8.19. The Morgan fingerprint density at radius 3 is 2.39 bits per heavy atom. The van der Waals surface area contributed by atoms with Gasteiger partial charge in [-0.15, -0.1) is 0 Å². The van der Waals surface area contributed by atoms with Crippen molar-refractivity contribution in [3.8, 4) is 11.5 Å². The van der Waals surface area contributed by atoms with Crippen LogP contribution in [0.2, 0.25) is 0 Å². The molecule has 1 aliphatic heterocycles. The molecule has 2 aromatic carbocycles. The molecule has 2 aromatic rings. The molecule has 1 unspecified atom stereocenters. The zero-order valence-electron chi connectivity index (χ0n) is 19.5. The Hall–Kier alpha value is -2.93. The molecule has 0 radical (unpaired) electrons. The third-order valence-electron chi connectivity index (χ3n) is 5.44. The molecule has 0 spiro atoms. The number of carbonyl (C=O) groups excluding carboxylic acids is 1. The van der Waals surface area contributed by atoms with Gasteiger partial charge in [0.25, 0.3) is 5.91 Å². The van der Waals surface area contributed by atoms with Crippen molar-refractivity contribution < 1.29 is 23.0 Å². The summed E-state index contributed by atoms with van der Waals surface area (Å²) in [5, 5.41) is 3.43. The summed E-state index contributed by atoms with van der Waals surface area (Å²) in [6.45, 7) is 8.33. The molecule has 178 valence electrons. The Morgan fingerprint density at radius 1 is 1.12 bits per heavy atom. The van der Waals surface area contributed by atoms with Crippen molar-refractivity contribution in [3.05, 3.63) is 64.7 Å². The number of halogens is 2. The van der Waals surface area contributed by atoms with Crippen molar-refractivity contribution in [2.45, 2.75) is 39.7 Å². The highest BCUT2D eigenvalue weighted by Gasteiger charge is 2.24. The number of nitrogens with one attached hydrogen (secondary N) is 1. The normalized spacial score (nSPS) is 16.0. The van der Waals surface area contributed by atoms with Crippen LogP contribution in [0.25, 0.3) is 6.08 Å². The molecule has 1 N–H and O–H groups in total. The first-order valence-corrected chi connectivity index (χ1v) is 11.4. The molecule has 5 nitrogen and oxygen atoms in total. The van der Waals surface area contributed by atoms with Gasteiger partial charge in [-0.2, -0.15) is 0 Å². The van der Waals surface area contributed by atoms with Gasteiger partial charge in [0.1, 0.15) is 23.1 Å². The van der Waals surface area contributed by atoms with Gasteiger partial charge in [-0.25, -0.2) is 8.78 Å². The molecular formula is C26H32F2N2O3. The molecule has 33 heavy (non-hydrogen) atoms. The van der Waals surface area contributed by atoms with E-state index in [0.717, 1.165) is 31.0 Å².